The molecule has 19 heteroatoms. The van der Waals surface area contributed by atoms with Gasteiger partial charge >= 0.3 is 0 Å². The maximum Gasteiger partial charge on any atom is 0.276 e. The van der Waals surface area contributed by atoms with E-state index < -0.39 is 35.3 Å². The Bertz CT molecular complexity index is 2510. The van der Waals surface area contributed by atoms with Gasteiger partial charge in [0.05, 0.1) is 37.6 Å². The summed E-state index contributed by atoms with van der Waals surface area (Å²) in [4.78, 5) is 102. The van der Waals surface area contributed by atoms with Crippen molar-refractivity contribution in [1.29, 1.82) is 0 Å². The van der Waals surface area contributed by atoms with Crippen molar-refractivity contribution < 1.29 is 38.2 Å². The van der Waals surface area contributed by atoms with Crippen molar-refractivity contribution in [3.8, 4) is 0 Å². The molecule has 19 nitrogen and oxygen atoms in total. The van der Waals surface area contributed by atoms with Gasteiger partial charge < -0.3 is 30.7 Å². The first-order valence-corrected chi connectivity index (χ1v) is 22.3. The maximum atomic E-state index is 13.9. The molecule has 10 rings (SSSR count). The minimum atomic E-state index is -1.00. The lowest BCUT2D eigenvalue weighted by atomic mass is 9.57. The molecule has 3 saturated carbocycles. The molecule has 5 N–H and O–H groups in total. The number of piperidine rings is 1. The van der Waals surface area contributed by atoms with Gasteiger partial charge in [-0.1, -0.05) is 0 Å². The number of ether oxygens (including phenoxy) is 2. The molecule has 2 saturated heterocycles. The number of pyridine rings is 1. The molecular formula is C45H52N10O9. The molecule has 3 aromatic rings. The first-order valence-electron chi connectivity index (χ1n) is 22.3. The van der Waals surface area contributed by atoms with E-state index in [0.29, 0.717) is 72.7 Å². The van der Waals surface area contributed by atoms with Crippen LogP contribution in [-0.4, -0.2) is 118 Å². The molecule has 7 aliphatic rings. The number of nitrogens with zero attached hydrogens (tertiary/aromatic N) is 5. The second-order valence-corrected chi connectivity index (χ2v) is 18.8. The minimum absolute atomic E-state index is 0.0660. The first kappa shape index (κ1) is 41.9. The summed E-state index contributed by atoms with van der Waals surface area (Å²) in [5, 5.41) is 14.6. The summed E-state index contributed by atoms with van der Waals surface area (Å²) in [6.45, 7) is 6.75. The number of hydrogen-bond acceptors (Lipinski definition) is 14. The molecule has 1 atom stereocenters. The normalized spacial score (nSPS) is 22.5. The van der Waals surface area contributed by atoms with E-state index in [9.17, 15) is 33.6 Å². The number of likely N-dealkylation sites (tertiary alicyclic amines) is 1. The molecule has 2 aromatic heterocycles. The average Bonchev–Trinajstić information content (AvgIpc) is 3.88. The van der Waals surface area contributed by atoms with Crippen LogP contribution in [0.5, 0.6) is 0 Å². The predicted octanol–water partition coefficient (Wildman–Crippen LogP) is 2.64. The number of carbonyl (C=O) groups excluding carboxylic acids is 6. The number of hydrogen-bond donors (Lipinski definition) is 5. The Kier molecular flexibility index (Phi) is 10.6. The molecular weight excluding hydrogens is 825 g/mol. The highest BCUT2D eigenvalue weighted by Crippen LogP contribution is 2.59. The lowest BCUT2D eigenvalue weighted by Crippen LogP contribution is -2.64. The van der Waals surface area contributed by atoms with Gasteiger partial charge in [0.15, 0.2) is 0 Å². The van der Waals surface area contributed by atoms with Gasteiger partial charge in [0.2, 0.25) is 17.7 Å². The van der Waals surface area contributed by atoms with E-state index in [4.69, 9.17) is 9.47 Å². The van der Waals surface area contributed by atoms with Crippen molar-refractivity contribution in [2.24, 2.45) is 16.7 Å². The zero-order valence-corrected chi connectivity index (χ0v) is 35.8. The minimum Gasteiger partial charge on any atom is -0.383 e. The Morgan fingerprint density at radius 3 is 2.31 bits per heavy atom. The topological polar surface area (TPSA) is 235 Å². The van der Waals surface area contributed by atoms with Crippen LogP contribution in [0.25, 0.3) is 0 Å². The van der Waals surface area contributed by atoms with E-state index in [1.165, 1.54) is 19.2 Å². The van der Waals surface area contributed by atoms with Crippen LogP contribution >= 0.6 is 0 Å². The largest absolute Gasteiger partial charge is 0.383 e. The summed E-state index contributed by atoms with van der Waals surface area (Å²) in [6.07, 6.45) is 9.05. The van der Waals surface area contributed by atoms with Crippen LogP contribution in [0, 0.1) is 23.7 Å². The van der Waals surface area contributed by atoms with Crippen molar-refractivity contribution >= 4 is 58.5 Å². The molecule has 3 aliphatic carbocycles. The van der Waals surface area contributed by atoms with Crippen LogP contribution in [0.3, 0.4) is 0 Å². The van der Waals surface area contributed by atoms with Gasteiger partial charge in [-0.05, 0) is 105 Å². The number of imide groups is 2. The van der Waals surface area contributed by atoms with E-state index in [-0.39, 0.29) is 52.7 Å². The Hall–Kier alpha value is -6.05. The van der Waals surface area contributed by atoms with Gasteiger partial charge in [-0.25, -0.2) is 9.97 Å². The number of anilines is 4. The van der Waals surface area contributed by atoms with E-state index >= 15 is 0 Å². The van der Waals surface area contributed by atoms with E-state index in [1.807, 2.05) is 6.92 Å². The number of nitrogens with one attached hydrogen (secondary N) is 5. The van der Waals surface area contributed by atoms with E-state index in [1.54, 1.807) is 34.9 Å². The van der Waals surface area contributed by atoms with Gasteiger partial charge in [-0.15, -0.1) is 0 Å². The van der Waals surface area contributed by atoms with Gasteiger partial charge in [-0.2, -0.15) is 0 Å². The second-order valence-electron chi connectivity index (χ2n) is 18.8. The molecule has 0 radical (unpaired) electrons. The molecule has 0 bridgehead atoms. The van der Waals surface area contributed by atoms with Crippen LogP contribution in [0.2, 0.25) is 0 Å². The summed E-state index contributed by atoms with van der Waals surface area (Å²) >= 11 is 0. The van der Waals surface area contributed by atoms with E-state index in [0.717, 1.165) is 63.1 Å². The summed E-state index contributed by atoms with van der Waals surface area (Å²) in [7, 11) is 0. The molecule has 3 spiro atoms. The predicted molar refractivity (Wildman–Crippen MR) is 230 cm³/mol. The summed E-state index contributed by atoms with van der Waals surface area (Å²) < 4.78 is 13.2. The number of aromatic nitrogens is 3. The molecule has 1 unspecified atom stereocenters. The van der Waals surface area contributed by atoms with Gasteiger partial charge in [0.1, 0.15) is 41.0 Å². The van der Waals surface area contributed by atoms with Crippen molar-refractivity contribution in [2.75, 3.05) is 68.6 Å². The highest BCUT2D eigenvalue weighted by molar-refractivity contribution is 6.23. The number of fused-ring (bicyclic) bond motifs is 3. The molecule has 6 heterocycles. The SMILES string of the molecule is Cc1cc(Nc2cc(NC(=O)C3CC4(C3)CN(CCOCCOCCNc3ccc5c(c3)C(=O)N(C3CCC(=O)NC3=O)C5=O)C4)ncn2)c(=O)n2c1C(=O)NC21CCC2(CC2)CC1. The summed E-state index contributed by atoms with van der Waals surface area (Å²) in [5.41, 5.74) is 2.09. The quantitative estimate of drug-likeness (QED) is 0.109. The van der Waals surface area contributed by atoms with Crippen LogP contribution < -0.4 is 32.1 Å². The molecule has 4 aliphatic heterocycles. The van der Waals surface area contributed by atoms with E-state index in [2.05, 4.69) is 41.5 Å². The molecule has 6 amide bonds. The highest BCUT2D eigenvalue weighted by Gasteiger charge is 2.55. The third-order valence-electron chi connectivity index (χ3n) is 14.4. The number of rotatable bonds is 15. The third kappa shape index (κ3) is 7.72. The molecule has 1 aromatic carbocycles. The van der Waals surface area contributed by atoms with Crippen LogP contribution in [0.1, 0.15) is 101 Å². The molecule has 64 heavy (non-hydrogen) atoms. The number of carbonyl (C=O) groups is 6. The standard InChI is InChI=1S/C45H52N10O9/c1-26-18-31(42(62)55-36(26)39(59)52-45(55)10-8-43(6-7-43)9-11-45)49-33-20-34(48-25-47-33)50-37(57)27-21-44(22-27)23-53(24-44)13-15-64-17-16-63-14-12-46-28-2-3-29-30(19-28)41(61)54(40(29)60)32-4-5-35(56)51-38(32)58/h2-3,18-20,25,27,32,46H,4-17,21-24H2,1H3,(H,52,59)(H,51,56,58)(H2,47,48,49,50,57). The summed E-state index contributed by atoms with van der Waals surface area (Å²) in [6, 6.07) is 7.16. The lowest BCUT2D eigenvalue weighted by molar-refractivity contribution is -0.140. The van der Waals surface area contributed by atoms with Crippen molar-refractivity contribution in [2.45, 2.75) is 82.8 Å². The van der Waals surface area contributed by atoms with Crippen LogP contribution in [0.15, 0.2) is 41.5 Å². The van der Waals surface area contributed by atoms with Gasteiger partial charge in [-0.3, -0.25) is 53.2 Å². The smallest absolute Gasteiger partial charge is 0.276 e. The monoisotopic (exact) mass is 876 g/mol. The number of amides is 6. The van der Waals surface area contributed by atoms with Gasteiger partial charge in [0, 0.05) is 50.3 Å². The fraction of sp³-hybridized carbons (Fsp3) is 0.533. The third-order valence-corrected chi connectivity index (χ3v) is 14.4. The van der Waals surface area contributed by atoms with Crippen molar-refractivity contribution in [3.63, 3.8) is 0 Å². The van der Waals surface area contributed by atoms with Crippen LogP contribution in [0.4, 0.5) is 23.0 Å². The zero-order valence-electron chi connectivity index (χ0n) is 35.8. The van der Waals surface area contributed by atoms with Crippen LogP contribution in [-0.2, 0) is 29.5 Å². The second kappa shape index (κ2) is 16.2. The lowest BCUT2D eigenvalue weighted by Gasteiger charge is -2.58. The highest BCUT2D eigenvalue weighted by atomic mass is 16.5. The Balaban J connectivity index is 0.609. The molecule has 5 fully saturated rings. The Morgan fingerprint density at radius 1 is 0.844 bits per heavy atom. The zero-order chi connectivity index (χ0) is 44.4. The van der Waals surface area contributed by atoms with Gasteiger partial charge in [0.25, 0.3) is 23.3 Å². The van der Waals surface area contributed by atoms with Crippen molar-refractivity contribution in [1.82, 2.24) is 35.0 Å². The number of aryl methyl sites for hydroxylation is 1. The fourth-order valence-electron chi connectivity index (χ4n) is 10.8. The average molecular weight is 877 g/mol. The Labute approximate surface area is 368 Å². The maximum absolute atomic E-state index is 13.9. The fourth-order valence-corrected chi connectivity index (χ4v) is 10.8. The van der Waals surface area contributed by atoms with Crippen molar-refractivity contribution in [3.05, 3.63) is 69.4 Å². The number of benzene rings is 1. The molecule has 336 valence electrons. The summed E-state index contributed by atoms with van der Waals surface area (Å²) in [5.74, 6) is -1.84. The Morgan fingerprint density at radius 2 is 1.56 bits per heavy atom. The first-order chi connectivity index (χ1) is 30.8.